The Morgan fingerprint density at radius 3 is 2.71 bits per heavy atom. The zero-order valence-electron chi connectivity index (χ0n) is 12.1. The van der Waals surface area contributed by atoms with Crippen LogP contribution in [0.1, 0.15) is 16.8 Å². The van der Waals surface area contributed by atoms with Crippen molar-refractivity contribution in [3.8, 4) is 11.8 Å². The number of aryl methyl sites for hydroxylation is 1. The third kappa shape index (κ3) is 2.36. The predicted molar refractivity (Wildman–Crippen MR) is 83.5 cm³/mol. The highest BCUT2D eigenvalue weighted by Gasteiger charge is 2.08. The van der Waals surface area contributed by atoms with Crippen molar-refractivity contribution >= 4 is 10.9 Å². The Labute approximate surface area is 124 Å². The van der Waals surface area contributed by atoms with Gasteiger partial charge in [0.2, 0.25) is 0 Å². The van der Waals surface area contributed by atoms with Crippen LogP contribution in [0.15, 0.2) is 48.5 Å². The SMILES string of the molecule is COc1cc(Cn2c(C)cc3ccccc32)ccc1C#N. The van der Waals surface area contributed by atoms with Gasteiger partial charge >= 0.3 is 0 Å². The third-order valence-corrected chi connectivity index (χ3v) is 3.74. The molecule has 104 valence electrons. The summed E-state index contributed by atoms with van der Waals surface area (Å²) in [5, 5.41) is 10.3. The van der Waals surface area contributed by atoms with Crippen molar-refractivity contribution in [2.45, 2.75) is 13.5 Å². The summed E-state index contributed by atoms with van der Waals surface area (Å²) < 4.78 is 7.56. The molecule has 0 radical (unpaired) electrons. The Morgan fingerprint density at radius 1 is 1.14 bits per heavy atom. The second-order valence-electron chi connectivity index (χ2n) is 5.08. The molecule has 0 fully saturated rings. The monoisotopic (exact) mass is 276 g/mol. The van der Waals surface area contributed by atoms with E-state index in [4.69, 9.17) is 10.00 Å². The summed E-state index contributed by atoms with van der Waals surface area (Å²) in [6, 6.07) is 18.4. The zero-order chi connectivity index (χ0) is 14.8. The third-order valence-electron chi connectivity index (χ3n) is 3.74. The van der Waals surface area contributed by atoms with Crippen molar-refractivity contribution < 1.29 is 4.74 Å². The Balaban J connectivity index is 2.03. The van der Waals surface area contributed by atoms with Gasteiger partial charge in [0, 0.05) is 17.8 Å². The van der Waals surface area contributed by atoms with Gasteiger partial charge in [-0.1, -0.05) is 24.3 Å². The Hall–Kier alpha value is -2.73. The van der Waals surface area contributed by atoms with Crippen LogP contribution in [0, 0.1) is 18.3 Å². The molecule has 21 heavy (non-hydrogen) atoms. The van der Waals surface area contributed by atoms with E-state index in [0.717, 1.165) is 12.1 Å². The lowest BCUT2D eigenvalue weighted by molar-refractivity contribution is 0.413. The first-order chi connectivity index (χ1) is 10.2. The smallest absolute Gasteiger partial charge is 0.136 e. The Bertz CT molecular complexity index is 840. The van der Waals surface area contributed by atoms with Crippen LogP contribution in [-0.2, 0) is 6.54 Å². The number of fused-ring (bicyclic) bond motifs is 1. The normalized spacial score (nSPS) is 10.5. The summed E-state index contributed by atoms with van der Waals surface area (Å²) in [6.45, 7) is 2.88. The number of nitrogens with zero attached hydrogens (tertiary/aromatic N) is 2. The van der Waals surface area contributed by atoms with E-state index >= 15 is 0 Å². The average molecular weight is 276 g/mol. The van der Waals surface area contributed by atoms with Gasteiger partial charge < -0.3 is 9.30 Å². The number of rotatable bonds is 3. The lowest BCUT2D eigenvalue weighted by Gasteiger charge is -2.10. The van der Waals surface area contributed by atoms with Gasteiger partial charge in [-0.3, -0.25) is 0 Å². The molecule has 0 amide bonds. The molecule has 0 spiro atoms. The van der Waals surface area contributed by atoms with Crippen molar-refractivity contribution in [3.63, 3.8) is 0 Å². The molecular formula is C18H16N2O. The second-order valence-corrected chi connectivity index (χ2v) is 5.08. The second kappa shape index (κ2) is 5.34. The van der Waals surface area contributed by atoms with Crippen molar-refractivity contribution in [2.24, 2.45) is 0 Å². The van der Waals surface area contributed by atoms with Crippen LogP contribution in [0.3, 0.4) is 0 Å². The summed E-state index contributed by atoms with van der Waals surface area (Å²) in [5.74, 6) is 0.629. The van der Waals surface area contributed by atoms with E-state index in [9.17, 15) is 0 Å². The van der Waals surface area contributed by atoms with Gasteiger partial charge in [0.15, 0.2) is 0 Å². The minimum absolute atomic E-state index is 0.565. The highest BCUT2D eigenvalue weighted by atomic mass is 16.5. The van der Waals surface area contributed by atoms with E-state index < -0.39 is 0 Å². The van der Waals surface area contributed by atoms with Crippen LogP contribution in [0.5, 0.6) is 5.75 Å². The molecule has 0 aliphatic carbocycles. The molecule has 0 saturated carbocycles. The van der Waals surface area contributed by atoms with Crippen molar-refractivity contribution in [1.82, 2.24) is 4.57 Å². The highest BCUT2D eigenvalue weighted by molar-refractivity contribution is 5.81. The molecule has 1 aromatic heterocycles. The van der Waals surface area contributed by atoms with Crippen LogP contribution in [0.4, 0.5) is 0 Å². The van der Waals surface area contributed by atoms with E-state index in [2.05, 4.69) is 47.9 Å². The zero-order valence-corrected chi connectivity index (χ0v) is 12.1. The number of benzene rings is 2. The van der Waals surface area contributed by atoms with Crippen LogP contribution in [0.25, 0.3) is 10.9 Å². The molecule has 0 unspecified atom stereocenters. The Kier molecular flexibility index (Phi) is 3.37. The molecule has 0 N–H and O–H groups in total. The maximum absolute atomic E-state index is 9.05. The first kappa shape index (κ1) is 13.3. The molecule has 3 aromatic rings. The summed E-state index contributed by atoms with van der Waals surface area (Å²) in [5.41, 5.74) is 4.13. The number of aromatic nitrogens is 1. The minimum atomic E-state index is 0.565. The van der Waals surface area contributed by atoms with Crippen molar-refractivity contribution in [2.75, 3.05) is 7.11 Å². The molecule has 3 heteroatoms. The summed E-state index contributed by atoms with van der Waals surface area (Å²) in [6.07, 6.45) is 0. The topological polar surface area (TPSA) is 38.0 Å². The van der Waals surface area contributed by atoms with Gasteiger partial charge in [0.05, 0.1) is 12.7 Å². The molecular weight excluding hydrogens is 260 g/mol. The van der Waals surface area contributed by atoms with E-state index in [1.54, 1.807) is 7.11 Å². The van der Waals surface area contributed by atoms with Gasteiger partial charge in [-0.2, -0.15) is 5.26 Å². The number of ether oxygens (including phenoxy) is 1. The maximum atomic E-state index is 9.05. The number of methoxy groups -OCH3 is 1. The summed E-state index contributed by atoms with van der Waals surface area (Å²) in [7, 11) is 1.59. The maximum Gasteiger partial charge on any atom is 0.136 e. The fraction of sp³-hybridized carbons (Fsp3) is 0.167. The standard InChI is InChI=1S/C18H16N2O/c1-13-9-15-5-3-4-6-17(15)20(13)12-14-7-8-16(11-19)18(10-14)21-2/h3-10H,12H2,1-2H3. The van der Waals surface area contributed by atoms with E-state index in [0.29, 0.717) is 11.3 Å². The fourth-order valence-electron chi connectivity index (χ4n) is 2.67. The first-order valence-electron chi connectivity index (χ1n) is 6.85. The quantitative estimate of drug-likeness (QED) is 0.728. The molecule has 2 aromatic carbocycles. The highest BCUT2D eigenvalue weighted by Crippen LogP contribution is 2.23. The van der Waals surface area contributed by atoms with Gasteiger partial charge in [-0.15, -0.1) is 0 Å². The average Bonchev–Trinajstić information content (AvgIpc) is 2.83. The molecule has 0 aliphatic heterocycles. The Morgan fingerprint density at radius 2 is 1.95 bits per heavy atom. The largest absolute Gasteiger partial charge is 0.495 e. The predicted octanol–water partition coefficient (Wildman–Crippen LogP) is 3.88. The van der Waals surface area contributed by atoms with E-state index in [1.807, 2.05) is 18.2 Å². The summed E-state index contributed by atoms with van der Waals surface area (Å²) in [4.78, 5) is 0. The van der Waals surface area contributed by atoms with Crippen LogP contribution >= 0.6 is 0 Å². The number of nitriles is 1. The lowest BCUT2D eigenvalue weighted by Crippen LogP contribution is -2.02. The molecule has 0 aliphatic rings. The van der Waals surface area contributed by atoms with Gasteiger partial charge in [0.25, 0.3) is 0 Å². The van der Waals surface area contributed by atoms with Gasteiger partial charge in [-0.05, 0) is 42.1 Å². The van der Waals surface area contributed by atoms with Gasteiger partial charge in [-0.25, -0.2) is 0 Å². The molecule has 3 rings (SSSR count). The van der Waals surface area contributed by atoms with Crippen molar-refractivity contribution in [3.05, 3.63) is 65.4 Å². The number of para-hydroxylation sites is 1. The van der Waals surface area contributed by atoms with Gasteiger partial charge in [0.1, 0.15) is 11.8 Å². The first-order valence-corrected chi connectivity index (χ1v) is 6.85. The van der Waals surface area contributed by atoms with E-state index in [-0.39, 0.29) is 0 Å². The molecule has 0 bridgehead atoms. The van der Waals surface area contributed by atoms with Crippen LogP contribution in [-0.4, -0.2) is 11.7 Å². The fourth-order valence-corrected chi connectivity index (χ4v) is 2.67. The number of hydrogen-bond donors (Lipinski definition) is 0. The lowest BCUT2D eigenvalue weighted by atomic mass is 10.1. The summed E-state index contributed by atoms with van der Waals surface area (Å²) >= 11 is 0. The minimum Gasteiger partial charge on any atom is -0.495 e. The molecule has 1 heterocycles. The molecule has 0 atom stereocenters. The van der Waals surface area contributed by atoms with Crippen LogP contribution < -0.4 is 4.74 Å². The molecule has 3 nitrogen and oxygen atoms in total. The number of hydrogen-bond acceptors (Lipinski definition) is 2. The molecule has 0 saturated heterocycles. The van der Waals surface area contributed by atoms with Crippen molar-refractivity contribution in [1.29, 1.82) is 5.26 Å². The van der Waals surface area contributed by atoms with E-state index in [1.165, 1.54) is 16.6 Å². The van der Waals surface area contributed by atoms with Crippen LogP contribution in [0.2, 0.25) is 0 Å².